The molecule has 0 atom stereocenters. The Labute approximate surface area is 202 Å². The van der Waals surface area contributed by atoms with E-state index in [2.05, 4.69) is 5.32 Å². The Hall–Kier alpha value is -4.33. The smallest absolute Gasteiger partial charge is 0.337 e. The first-order valence-electron chi connectivity index (χ1n) is 11.3. The molecule has 1 saturated heterocycles. The van der Waals surface area contributed by atoms with E-state index in [9.17, 15) is 24.6 Å². The molecule has 180 valence electrons. The van der Waals surface area contributed by atoms with Crippen LogP contribution in [0.2, 0.25) is 0 Å². The fraction of sp³-hybridized carbons (Fsp3) is 0.222. The topological polar surface area (TPSA) is 116 Å². The number of hydrogen-bond donors (Lipinski definition) is 3. The SMILES string of the molecule is CC(=O)N1CCC(Oc2ccc(O)c(C(=O)Nc3cc(-c4ccccc4)ccc3C(=O)O)c2)CC1. The van der Waals surface area contributed by atoms with Crippen LogP contribution in [-0.4, -0.2) is 52.1 Å². The van der Waals surface area contributed by atoms with Gasteiger partial charge in [-0.3, -0.25) is 9.59 Å². The fourth-order valence-electron chi connectivity index (χ4n) is 4.09. The number of carbonyl (C=O) groups is 3. The van der Waals surface area contributed by atoms with Gasteiger partial charge in [0.1, 0.15) is 17.6 Å². The van der Waals surface area contributed by atoms with Gasteiger partial charge in [0.25, 0.3) is 5.91 Å². The van der Waals surface area contributed by atoms with Gasteiger partial charge in [-0.05, 0) is 41.5 Å². The molecule has 1 heterocycles. The number of aromatic hydroxyl groups is 1. The number of nitrogens with zero attached hydrogens (tertiary/aromatic N) is 1. The number of likely N-dealkylation sites (tertiary alicyclic amines) is 1. The predicted molar refractivity (Wildman–Crippen MR) is 131 cm³/mol. The number of anilines is 1. The molecule has 0 saturated carbocycles. The molecule has 0 spiro atoms. The number of carboxylic acids is 1. The molecular formula is C27H26N2O6. The Morgan fingerprint density at radius 2 is 1.63 bits per heavy atom. The van der Waals surface area contributed by atoms with Crippen molar-refractivity contribution in [1.29, 1.82) is 0 Å². The molecule has 1 aliphatic rings. The summed E-state index contributed by atoms with van der Waals surface area (Å²) in [4.78, 5) is 38.1. The maximum absolute atomic E-state index is 13.1. The first-order chi connectivity index (χ1) is 16.8. The van der Waals surface area contributed by atoms with Gasteiger partial charge in [-0.1, -0.05) is 36.4 Å². The Morgan fingerprint density at radius 3 is 2.29 bits per heavy atom. The lowest BCUT2D eigenvalue weighted by molar-refractivity contribution is -0.130. The molecule has 3 aromatic carbocycles. The minimum Gasteiger partial charge on any atom is -0.507 e. The van der Waals surface area contributed by atoms with Crippen molar-refractivity contribution in [2.75, 3.05) is 18.4 Å². The van der Waals surface area contributed by atoms with Crippen molar-refractivity contribution < 1.29 is 29.3 Å². The molecule has 1 aliphatic heterocycles. The van der Waals surface area contributed by atoms with Gasteiger partial charge in [0.15, 0.2) is 0 Å². The second-order valence-corrected chi connectivity index (χ2v) is 8.39. The zero-order chi connectivity index (χ0) is 24.9. The van der Waals surface area contributed by atoms with E-state index >= 15 is 0 Å². The average Bonchev–Trinajstić information content (AvgIpc) is 2.86. The Morgan fingerprint density at radius 1 is 0.914 bits per heavy atom. The number of piperidine rings is 1. The maximum atomic E-state index is 13.1. The number of rotatable bonds is 6. The van der Waals surface area contributed by atoms with E-state index in [1.165, 1.54) is 25.1 Å². The summed E-state index contributed by atoms with van der Waals surface area (Å²) in [5.41, 5.74) is 1.62. The predicted octanol–water partition coefficient (Wildman–Crippen LogP) is 4.40. The molecule has 0 unspecified atom stereocenters. The van der Waals surface area contributed by atoms with Crippen LogP contribution in [0.3, 0.4) is 0 Å². The minimum atomic E-state index is -1.18. The third-order valence-corrected chi connectivity index (χ3v) is 6.01. The minimum absolute atomic E-state index is 0.0316. The van der Waals surface area contributed by atoms with Crippen LogP contribution >= 0.6 is 0 Å². The van der Waals surface area contributed by atoms with Crippen molar-refractivity contribution in [2.24, 2.45) is 0 Å². The monoisotopic (exact) mass is 474 g/mol. The van der Waals surface area contributed by atoms with Gasteiger partial charge < -0.3 is 25.2 Å². The highest BCUT2D eigenvalue weighted by atomic mass is 16.5. The third kappa shape index (κ3) is 5.60. The molecule has 8 heteroatoms. The number of aromatic carboxylic acids is 1. The fourth-order valence-corrected chi connectivity index (χ4v) is 4.09. The van der Waals surface area contributed by atoms with Crippen LogP contribution in [0.25, 0.3) is 11.1 Å². The van der Waals surface area contributed by atoms with Gasteiger partial charge in [-0.2, -0.15) is 0 Å². The molecule has 0 aliphatic carbocycles. The Balaban J connectivity index is 1.54. The summed E-state index contributed by atoms with van der Waals surface area (Å²) in [6, 6.07) is 18.5. The number of amides is 2. The van der Waals surface area contributed by atoms with E-state index in [4.69, 9.17) is 4.74 Å². The third-order valence-electron chi connectivity index (χ3n) is 6.01. The highest BCUT2D eigenvalue weighted by molar-refractivity contribution is 6.09. The van der Waals surface area contributed by atoms with Gasteiger partial charge in [-0.25, -0.2) is 4.79 Å². The number of ether oxygens (including phenoxy) is 1. The summed E-state index contributed by atoms with van der Waals surface area (Å²) in [6.07, 6.45) is 1.21. The lowest BCUT2D eigenvalue weighted by Crippen LogP contribution is -2.40. The summed E-state index contributed by atoms with van der Waals surface area (Å²) in [5, 5.41) is 22.5. The van der Waals surface area contributed by atoms with Crippen LogP contribution in [0, 0.1) is 0 Å². The van der Waals surface area contributed by atoms with Crippen molar-refractivity contribution >= 4 is 23.5 Å². The van der Waals surface area contributed by atoms with E-state index in [0.717, 1.165) is 11.1 Å². The van der Waals surface area contributed by atoms with Crippen LogP contribution in [-0.2, 0) is 4.79 Å². The molecule has 3 aromatic rings. The van der Waals surface area contributed by atoms with Crippen molar-refractivity contribution in [3.8, 4) is 22.6 Å². The number of carboxylic acid groups (broad SMARTS) is 1. The lowest BCUT2D eigenvalue weighted by Gasteiger charge is -2.31. The summed E-state index contributed by atoms with van der Waals surface area (Å²) in [5.74, 6) is -1.66. The van der Waals surface area contributed by atoms with Gasteiger partial charge in [0, 0.05) is 32.9 Å². The number of phenols is 1. The largest absolute Gasteiger partial charge is 0.507 e. The van der Waals surface area contributed by atoms with Crippen molar-refractivity contribution in [2.45, 2.75) is 25.9 Å². The Kier molecular flexibility index (Phi) is 7.01. The summed E-state index contributed by atoms with van der Waals surface area (Å²) in [6.45, 7) is 2.74. The summed E-state index contributed by atoms with van der Waals surface area (Å²) < 4.78 is 6.00. The van der Waals surface area contributed by atoms with E-state index in [0.29, 0.717) is 31.7 Å². The average molecular weight is 475 g/mol. The van der Waals surface area contributed by atoms with E-state index in [1.807, 2.05) is 30.3 Å². The number of nitrogens with one attached hydrogen (secondary N) is 1. The van der Waals surface area contributed by atoms with Gasteiger partial charge in [0.2, 0.25) is 5.91 Å². The standard InChI is InChI=1S/C27H26N2O6/c1-17(30)29-13-11-20(12-14-29)35-21-8-10-25(31)23(16-21)26(32)28-24-15-19(7-9-22(24)27(33)34)18-5-3-2-4-6-18/h2-10,15-16,20,31H,11-14H2,1H3,(H,28,32)(H,33,34). The Bertz CT molecular complexity index is 1250. The number of carbonyl (C=O) groups excluding carboxylic acids is 2. The normalized spacial score (nSPS) is 13.8. The summed E-state index contributed by atoms with van der Waals surface area (Å²) in [7, 11) is 0. The molecule has 3 N–H and O–H groups in total. The molecule has 0 bridgehead atoms. The molecule has 2 amide bonds. The van der Waals surface area contributed by atoms with Crippen molar-refractivity contribution in [3.63, 3.8) is 0 Å². The second-order valence-electron chi connectivity index (χ2n) is 8.39. The highest BCUT2D eigenvalue weighted by Gasteiger charge is 2.23. The summed E-state index contributed by atoms with van der Waals surface area (Å²) >= 11 is 0. The van der Waals surface area contributed by atoms with Crippen LogP contribution in [0.5, 0.6) is 11.5 Å². The van der Waals surface area contributed by atoms with Crippen LogP contribution in [0.15, 0.2) is 66.7 Å². The number of hydrogen-bond acceptors (Lipinski definition) is 5. The van der Waals surface area contributed by atoms with Crippen molar-refractivity contribution in [1.82, 2.24) is 4.90 Å². The molecule has 1 fully saturated rings. The van der Waals surface area contributed by atoms with E-state index in [-0.39, 0.29) is 34.6 Å². The van der Waals surface area contributed by atoms with Gasteiger partial charge in [0.05, 0.1) is 16.8 Å². The van der Waals surface area contributed by atoms with E-state index in [1.54, 1.807) is 23.1 Å². The number of phenolic OH excluding ortho intramolecular Hbond substituents is 1. The number of benzene rings is 3. The zero-order valence-corrected chi connectivity index (χ0v) is 19.2. The molecule has 8 nitrogen and oxygen atoms in total. The quantitative estimate of drug-likeness (QED) is 0.488. The molecular weight excluding hydrogens is 448 g/mol. The van der Waals surface area contributed by atoms with Crippen molar-refractivity contribution in [3.05, 3.63) is 77.9 Å². The van der Waals surface area contributed by atoms with Crippen LogP contribution in [0.1, 0.15) is 40.5 Å². The van der Waals surface area contributed by atoms with E-state index < -0.39 is 11.9 Å². The highest BCUT2D eigenvalue weighted by Crippen LogP contribution is 2.29. The lowest BCUT2D eigenvalue weighted by atomic mass is 10.0. The van der Waals surface area contributed by atoms with Crippen LogP contribution < -0.4 is 10.1 Å². The molecule has 4 rings (SSSR count). The second kappa shape index (κ2) is 10.3. The first-order valence-corrected chi connectivity index (χ1v) is 11.3. The molecule has 0 radical (unpaired) electrons. The maximum Gasteiger partial charge on any atom is 0.337 e. The first kappa shape index (κ1) is 23.8. The van der Waals surface area contributed by atoms with Gasteiger partial charge in [-0.15, -0.1) is 0 Å². The molecule has 35 heavy (non-hydrogen) atoms. The van der Waals surface area contributed by atoms with Crippen LogP contribution in [0.4, 0.5) is 5.69 Å². The molecule has 0 aromatic heterocycles. The van der Waals surface area contributed by atoms with Gasteiger partial charge >= 0.3 is 5.97 Å². The zero-order valence-electron chi connectivity index (χ0n) is 19.2.